The topological polar surface area (TPSA) is 58.6 Å². The Morgan fingerprint density at radius 1 is 1.27 bits per heavy atom. The summed E-state index contributed by atoms with van der Waals surface area (Å²) in [7, 11) is 1.54. The van der Waals surface area contributed by atoms with Gasteiger partial charge in [-0.3, -0.25) is 9.59 Å². The molecule has 0 spiro atoms. The Hall–Kier alpha value is -1.53. The highest BCUT2D eigenvalue weighted by Crippen LogP contribution is 2.35. The van der Waals surface area contributed by atoms with E-state index in [1.54, 1.807) is 18.9 Å². The van der Waals surface area contributed by atoms with Gasteiger partial charge in [-0.15, -0.1) is 0 Å². The SMILES string of the molecule is COCC(=O)N1CCC(CNC(=O)C(C)CSC)(c2ccccc2)CC1. The number of carbonyl (C=O) groups excluding carboxylic acids is 2. The molecular formula is C20H30N2O3S. The summed E-state index contributed by atoms with van der Waals surface area (Å²) in [6, 6.07) is 10.3. The summed E-state index contributed by atoms with van der Waals surface area (Å²) in [4.78, 5) is 26.4. The molecule has 0 bridgehead atoms. The Labute approximate surface area is 160 Å². The minimum atomic E-state index is -0.125. The number of methoxy groups -OCH3 is 1. The number of benzene rings is 1. The van der Waals surface area contributed by atoms with Crippen molar-refractivity contribution in [3.63, 3.8) is 0 Å². The van der Waals surface area contributed by atoms with Crippen molar-refractivity contribution in [1.82, 2.24) is 10.2 Å². The van der Waals surface area contributed by atoms with Crippen LogP contribution < -0.4 is 5.32 Å². The number of carbonyl (C=O) groups is 2. The summed E-state index contributed by atoms with van der Waals surface area (Å²) in [6.45, 7) is 4.08. The van der Waals surface area contributed by atoms with Crippen LogP contribution in [0.5, 0.6) is 0 Å². The Kier molecular flexibility index (Phi) is 7.97. The van der Waals surface area contributed by atoms with Gasteiger partial charge in [-0.1, -0.05) is 37.3 Å². The predicted molar refractivity (Wildman–Crippen MR) is 106 cm³/mol. The zero-order valence-electron chi connectivity index (χ0n) is 16.0. The van der Waals surface area contributed by atoms with Crippen LogP contribution in [0, 0.1) is 5.92 Å². The van der Waals surface area contributed by atoms with E-state index < -0.39 is 0 Å². The molecule has 0 aromatic heterocycles. The van der Waals surface area contributed by atoms with E-state index in [4.69, 9.17) is 4.74 Å². The van der Waals surface area contributed by atoms with E-state index in [2.05, 4.69) is 17.4 Å². The molecule has 26 heavy (non-hydrogen) atoms. The maximum Gasteiger partial charge on any atom is 0.248 e. The monoisotopic (exact) mass is 378 g/mol. The summed E-state index contributed by atoms with van der Waals surface area (Å²) in [5.74, 6) is 0.962. The van der Waals surface area contributed by atoms with E-state index in [1.807, 2.05) is 36.3 Å². The number of nitrogens with zero attached hydrogens (tertiary/aromatic N) is 1. The smallest absolute Gasteiger partial charge is 0.248 e. The molecule has 1 N–H and O–H groups in total. The zero-order chi connectivity index (χ0) is 19.0. The van der Waals surface area contributed by atoms with Crippen molar-refractivity contribution in [2.45, 2.75) is 25.2 Å². The number of rotatable bonds is 8. The van der Waals surface area contributed by atoms with E-state index >= 15 is 0 Å². The standard InChI is InChI=1S/C20H30N2O3S/c1-16(14-26-3)19(24)21-15-20(17-7-5-4-6-8-17)9-11-22(12-10-20)18(23)13-25-2/h4-8,16H,9-15H2,1-3H3,(H,21,24). The van der Waals surface area contributed by atoms with Gasteiger partial charge in [0.15, 0.2) is 0 Å². The molecule has 1 saturated heterocycles. The summed E-state index contributed by atoms with van der Waals surface area (Å²) in [6.07, 6.45) is 3.69. The van der Waals surface area contributed by atoms with Gasteiger partial charge in [-0.2, -0.15) is 11.8 Å². The average Bonchev–Trinajstić information content (AvgIpc) is 2.67. The minimum Gasteiger partial charge on any atom is -0.375 e. The molecule has 1 aliphatic rings. The molecule has 1 unspecified atom stereocenters. The third-order valence-corrected chi connectivity index (χ3v) is 6.03. The van der Waals surface area contributed by atoms with Crippen LogP contribution in [0.25, 0.3) is 0 Å². The van der Waals surface area contributed by atoms with Crippen molar-refractivity contribution in [3.05, 3.63) is 35.9 Å². The molecule has 5 nitrogen and oxygen atoms in total. The van der Waals surface area contributed by atoms with Crippen LogP contribution in [-0.2, 0) is 19.7 Å². The molecule has 1 aromatic rings. The number of hydrogen-bond donors (Lipinski definition) is 1. The van der Waals surface area contributed by atoms with E-state index in [9.17, 15) is 9.59 Å². The molecule has 144 valence electrons. The van der Waals surface area contributed by atoms with Crippen LogP contribution in [0.15, 0.2) is 30.3 Å². The van der Waals surface area contributed by atoms with Gasteiger partial charge >= 0.3 is 0 Å². The quantitative estimate of drug-likeness (QED) is 0.754. The first kappa shape index (κ1) is 20.8. The number of piperidine rings is 1. The van der Waals surface area contributed by atoms with Crippen molar-refractivity contribution < 1.29 is 14.3 Å². The molecule has 2 rings (SSSR count). The van der Waals surface area contributed by atoms with Crippen molar-refractivity contribution in [2.24, 2.45) is 5.92 Å². The number of amides is 2. The molecular weight excluding hydrogens is 348 g/mol. The van der Waals surface area contributed by atoms with Crippen molar-refractivity contribution >= 4 is 23.6 Å². The van der Waals surface area contributed by atoms with Crippen molar-refractivity contribution in [1.29, 1.82) is 0 Å². The second-order valence-electron chi connectivity index (χ2n) is 7.03. The molecule has 1 atom stereocenters. The fourth-order valence-electron chi connectivity index (χ4n) is 3.51. The van der Waals surface area contributed by atoms with Gasteiger partial charge in [0, 0.05) is 43.8 Å². The lowest BCUT2D eigenvalue weighted by atomic mass is 9.72. The largest absolute Gasteiger partial charge is 0.375 e. The van der Waals surface area contributed by atoms with E-state index in [1.165, 1.54) is 5.56 Å². The van der Waals surface area contributed by atoms with Crippen LogP contribution in [0.1, 0.15) is 25.3 Å². The van der Waals surface area contributed by atoms with E-state index in [0.29, 0.717) is 19.6 Å². The number of thioether (sulfide) groups is 1. The zero-order valence-corrected chi connectivity index (χ0v) is 16.8. The number of likely N-dealkylation sites (tertiary alicyclic amines) is 1. The molecule has 0 saturated carbocycles. The van der Waals surface area contributed by atoms with Crippen molar-refractivity contribution in [2.75, 3.05) is 45.4 Å². The maximum atomic E-state index is 12.4. The first-order valence-corrected chi connectivity index (χ1v) is 10.5. The minimum absolute atomic E-state index is 0.00110. The number of hydrogen-bond acceptors (Lipinski definition) is 4. The Balaban J connectivity index is 2.08. The lowest BCUT2D eigenvalue weighted by Crippen LogP contribution is -2.51. The van der Waals surface area contributed by atoms with E-state index in [0.717, 1.165) is 18.6 Å². The van der Waals surface area contributed by atoms with Gasteiger partial charge in [0.1, 0.15) is 6.61 Å². The highest BCUT2D eigenvalue weighted by molar-refractivity contribution is 7.98. The number of nitrogens with one attached hydrogen (secondary N) is 1. The summed E-state index contributed by atoms with van der Waals surface area (Å²) in [5.41, 5.74) is 1.11. The van der Waals surface area contributed by atoms with Gasteiger partial charge < -0.3 is 15.0 Å². The molecule has 1 aliphatic heterocycles. The molecule has 2 amide bonds. The van der Waals surface area contributed by atoms with Gasteiger partial charge in [-0.25, -0.2) is 0 Å². The van der Waals surface area contributed by atoms with Crippen LogP contribution in [0.2, 0.25) is 0 Å². The predicted octanol–water partition coefficient (Wildman–Crippen LogP) is 2.31. The summed E-state index contributed by atoms with van der Waals surface area (Å²) in [5, 5.41) is 3.17. The van der Waals surface area contributed by atoms with Gasteiger partial charge in [0.2, 0.25) is 11.8 Å². The summed E-state index contributed by atoms with van der Waals surface area (Å²) < 4.78 is 4.97. The molecule has 1 aromatic carbocycles. The highest BCUT2D eigenvalue weighted by atomic mass is 32.2. The molecule has 1 heterocycles. The second-order valence-corrected chi connectivity index (χ2v) is 7.95. The molecule has 1 fully saturated rings. The van der Waals surface area contributed by atoms with Gasteiger partial charge in [0.05, 0.1) is 0 Å². The van der Waals surface area contributed by atoms with Gasteiger partial charge in [0.25, 0.3) is 0 Å². The highest BCUT2D eigenvalue weighted by Gasteiger charge is 2.37. The molecule has 6 heteroatoms. The maximum absolute atomic E-state index is 12.4. The van der Waals surface area contributed by atoms with Crippen LogP contribution in [0.3, 0.4) is 0 Å². The third kappa shape index (κ3) is 5.24. The Morgan fingerprint density at radius 2 is 1.92 bits per heavy atom. The fourth-order valence-corrected chi connectivity index (χ4v) is 4.17. The molecule has 0 radical (unpaired) electrons. The van der Waals surface area contributed by atoms with Crippen molar-refractivity contribution in [3.8, 4) is 0 Å². The number of ether oxygens (including phenoxy) is 1. The van der Waals surface area contributed by atoms with Crippen LogP contribution >= 0.6 is 11.8 Å². The Bertz CT molecular complexity index is 586. The summed E-state index contributed by atoms with van der Waals surface area (Å²) >= 11 is 1.69. The normalized spacial score (nSPS) is 17.6. The second kappa shape index (κ2) is 9.97. The fraction of sp³-hybridized carbons (Fsp3) is 0.600. The van der Waals surface area contributed by atoms with Crippen LogP contribution in [-0.4, -0.2) is 62.1 Å². The molecule has 0 aliphatic carbocycles. The first-order chi connectivity index (χ1) is 12.5. The Morgan fingerprint density at radius 3 is 2.50 bits per heavy atom. The van der Waals surface area contributed by atoms with E-state index in [-0.39, 0.29) is 29.8 Å². The third-order valence-electron chi connectivity index (χ3n) is 5.19. The lowest BCUT2D eigenvalue weighted by molar-refractivity contribution is -0.137. The van der Waals surface area contributed by atoms with Crippen LogP contribution in [0.4, 0.5) is 0 Å². The lowest BCUT2D eigenvalue weighted by Gasteiger charge is -2.42. The average molecular weight is 379 g/mol. The van der Waals surface area contributed by atoms with Gasteiger partial charge in [-0.05, 0) is 24.7 Å². The first-order valence-electron chi connectivity index (χ1n) is 9.11.